The van der Waals surface area contributed by atoms with E-state index >= 15 is 0 Å². The summed E-state index contributed by atoms with van der Waals surface area (Å²) in [6.45, 7) is 2.11. The van der Waals surface area contributed by atoms with Gasteiger partial charge in [0, 0.05) is 24.6 Å². The average molecular weight is 327 g/mol. The number of rotatable bonds is 6. The zero-order valence-electron chi connectivity index (χ0n) is 12.4. The second-order valence-corrected chi connectivity index (χ2v) is 6.96. The molecule has 1 heterocycles. The van der Waals surface area contributed by atoms with Gasteiger partial charge in [0.15, 0.2) is 5.12 Å². The lowest BCUT2D eigenvalue weighted by Gasteiger charge is -2.27. The van der Waals surface area contributed by atoms with E-state index < -0.39 is 18.4 Å². The number of likely N-dealkylation sites (tertiary alicyclic amines) is 1. The highest BCUT2D eigenvalue weighted by Crippen LogP contribution is 2.29. The lowest BCUT2D eigenvalue weighted by Crippen LogP contribution is -2.45. The third-order valence-corrected chi connectivity index (χ3v) is 4.74. The predicted molar refractivity (Wildman–Crippen MR) is 83.2 cm³/mol. The maximum Gasteiger partial charge on any atom is 0.321 e. The number of hydrogen-bond donors (Lipinski definition) is 2. The van der Waals surface area contributed by atoms with E-state index in [2.05, 4.69) is 0 Å². The van der Waals surface area contributed by atoms with E-state index in [0.717, 1.165) is 18.2 Å². The Hall–Kier alpha value is -1.15. The molecule has 2 rings (SSSR count). The second-order valence-electron chi connectivity index (χ2n) is 5.49. The molecule has 0 aromatic rings. The molecule has 2 N–H and O–H groups in total. The SMILES string of the molecule is CC(=O)S[C@H]1C[C@@H](C(=O)O)N(C(O)OCC2C=CC=CC2)C1. The Kier molecular flexibility index (Phi) is 6.19. The molecule has 2 aliphatic rings. The Labute approximate surface area is 133 Å². The van der Waals surface area contributed by atoms with Crippen molar-refractivity contribution in [2.24, 2.45) is 5.92 Å². The molecular weight excluding hydrogens is 306 g/mol. The molecular formula is C15H21NO5S. The zero-order chi connectivity index (χ0) is 16.1. The van der Waals surface area contributed by atoms with Gasteiger partial charge in [0.05, 0.1) is 6.61 Å². The number of carboxylic acid groups (broad SMARTS) is 1. The number of carbonyl (C=O) groups is 2. The second kappa shape index (κ2) is 7.92. The van der Waals surface area contributed by atoms with Crippen molar-refractivity contribution in [3.8, 4) is 0 Å². The van der Waals surface area contributed by atoms with Crippen LogP contribution in [0.15, 0.2) is 24.3 Å². The Morgan fingerprint density at radius 3 is 2.82 bits per heavy atom. The average Bonchev–Trinajstić information content (AvgIpc) is 2.89. The third kappa shape index (κ3) is 4.67. The van der Waals surface area contributed by atoms with Crippen molar-refractivity contribution in [1.29, 1.82) is 0 Å². The molecule has 0 aromatic carbocycles. The number of carboxylic acids is 1. The molecule has 0 aromatic heterocycles. The summed E-state index contributed by atoms with van der Waals surface area (Å²) in [7, 11) is 0. The molecule has 2 unspecified atom stereocenters. The molecule has 1 fully saturated rings. The van der Waals surface area contributed by atoms with E-state index in [-0.39, 0.29) is 16.3 Å². The molecule has 6 nitrogen and oxygen atoms in total. The number of carbonyl (C=O) groups excluding carboxylic acids is 1. The smallest absolute Gasteiger partial charge is 0.321 e. The van der Waals surface area contributed by atoms with Crippen LogP contribution in [0.3, 0.4) is 0 Å². The molecule has 122 valence electrons. The van der Waals surface area contributed by atoms with E-state index in [9.17, 15) is 19.8 Å². The minimum Gasteiger partial charge on any atom is -0.480 e. The Bertz CT molecular complexity index is 479. The van der Waals surface area contributed by atoms with Gasteiger partial charge in [-0.3, -0.25) is 9.59 Å². The van der Waals surface area contributed by atoms with Crippen LogP contribution in [-0.4, -0.2) is 57.1 Å². The van der Waals surface area contributed by atoms with Crippen LogP contribution >= 0.6 is 11.8 Å². The van der Waals surface area contributed by atoms with Gasteiger partial charge in [-0.2, -0.15) is 0 Å². The molecule has 0 spiro atoms. The molecule has 0 saturated carbocycles. The van der Waals surface area contributed by atoms with Gasteiger partial charge in [0.25, 0.3) is 0 Å². The van der Waals surface area contributed by atoms with Crippen LogP contribution in [0, 0.1) is 5.92 Å². The van der Waals surface area contributed by atoms with Crippen LogP contribution in [0.2, 0.25) is 0 Å². The summed E-state index contributed by atoms with van der Waals surface area (Å²) in [4.78, 5) is 23.9. The lowest BCUT2D eigenvalue weighted by atomic mass is 10.0. The van der Waals surface area contributed by atoms with Crippen LogP contribution in [0.1, 0.15) is 19.8 Å². The fraction of sp³-hybridized carbons (Fsp3) is 0.600. The van der Waals surface area contributed by atoms with Crippen LogP contribution in [0.4, 0.5) is 0 Å². The molecule has 0 radical (unpaired) electrons. The van der Waals surface area contributed by atoms with Crippen molar-refractivity contribution >= 4 is 22.8 Å². The number of aliphatic hydroxyl groups is 1. The van der Waals surface area contributed by atoms with Gasteiger partial charge in [-0.15, -0.1) is 0 Å². The van der Waals surface area contributed by atoms with Crippen LogP contribution < -0.4 is 0 Å². The minimum absolute atomic E-state index is 0.0504. The van der Waals surface area contributed by atoms with Gasteiger partial charge in [-0.05, 0) is 12.8 Å². The van der Waals surface area contributed by atoms with E-state index in [1.54, 1.807) is 0 Å². The van der Waals surface area contributed by atoms with Crippen molar-refractivity contribution in [3.63, 3.8) is 0 Å². The maximum atomic E-state index is 11.3. The number of ether oxygens (including phenoxy) is 1. The fourth-order valence-corrected chi connectivity index (χ4v) is 3.68. The topological polar surface area (TPSA) is 87.1 Å². The molecule has 4 atom stereocenters. The first-order valence-electron chi connectivity index (χ1n) is 7.26. The first-order chi connectivity index (χ1) is 10.5. The molecule has 1 aliphatic carbocycles. The predicted octanol–water partition coefficient (Wildman–Crippen LogP) is 1.22. The Morgan fingerprint density at radius 2 is 2.23 bits per heavy atom. The van der Waals surface area contributed by atoms with Crippen LogP contribution in [0.25, 0.3) is 0 Å². The number of aliphatic carboxylic acids is 1. The van der Waals surface area contributed by atoms with Crippen LogP contribution in [0.5, 0.6) is 0 Å². The Morgan fingerprint density at radius 1 is 1.45 bits per heavy atom. The number of thioether (sulfide) groups is 1. The minimum atomic E-state index is -1.27. The van der Waals surface area contributed by atoms with Crippen LogP contribution in [-0.2, 0) is 14.3 Å². The van der Waals surface area contributed by atoms with Crippen molar-refractivity contribution < 1.29 is 24.5 Å². The molecule has 1 saturated heterocycles. The standard InChI is InChI=1S/C15H21NO5S/c1-10(17)22-12-7-13(14(18)19)16(8-12)15(20)21-9-11-5-3-2-4-6-11/h2-5,11-13,15,20H,6-9H2,1H3,(H,18,19)/t11?,12-,13-,15?/m0/s1. The fourth-order valence-electron chi connectivity index (χ4n) is 2.69. The summed E-state index contributed by atoms with van der Waals surface area (Å²) in [5.41, 5.74) is 0. The van der Waals surface area contributed by atoms with Crippen molar-refractivity contribution in [2.75, 3.05) is 13.2 Å². The quantitative estimate of drug-likeness (QED) is 0.709. The van der Waals surface area contributed by atoms with Gasteiger partial charge < -0.3 is 14.9 Å². The summed E-state index contributed by atoms with van der Waals surface area (Å²) in [5.74, 6) is -0.817. The van der Waals surface area contributed by atoms with Gasteiger partial charge in [-0.1, -0.05) is 36.1 Å². The van der Waals surface area contributed by atoms with E-state index in [0.29, 0.717) is 19.6 Å². The summed E-state index contributed by atoms with van der Waals surface area (Å²) in [5, 5.41) is 19.3. The first kappa shape index (κ1) is 17.2. The molecule has 0 bridgehead atoms. The van der Waals surface area contributed by atoms with E-state index in [4.69, 9.17) is 4.74 Å². The highest BCUT2D eigenvalue weighted by Gasteiger charge is 2.41. The van der Waals surface area contributed by atoms with Gasteiger partial charge in [0.2, 0.25) is 6.41 Å². The highest BCUT2D eigenvalue weighted by atomic mass is 32.2. The molecule has 7 heteroatoms. The van der Waals surface area contributed by atoms with E-state index in [1.165, 1.54) is 11.8 Å². The first-order valence-corrected chi connectivity index (χ1v) is 8.14. The van der Waals surface area contributed by atoms with Gasteiger partial charge in [-0.25, -0.2) is 4.90 Å². The van der Waals surface area contributed by atoms with Gasteiger partial charge >= 0.3 is 5.97 Å². The number of aliphatic hydroxyl groups excluding tert-OH is 1. The number of nitrogens with zero attached hydrogens (tertiary/aromatic N) is 1. The third-order valence-electron chi connectivity index (χ3n) is 3.73. The lowest BCUT2D eigenvalue weighted by molar-refractivity contribution is -0.206. The van der Waals surface area contributed by atoms with Crippen molar-refractivity contribution in [3.05, 3.63) is 24.3 Å². The summed E-state index contributed by atoms with van der Waals surface area (Å²) in [6.07, 6.45) is 7.81. The summed E-state index contributed by atoms with van der Waals surface area (Å²) in [6, 6.07) is -0.825. The summed E-state index contributed by atoms with van der Waals surface area (Å²) < 4.78 is 5.44. The van der Waals surface area contributed by atoms with E-state index in [1.807, 2.05) is 24.3 Å². The van der Waals surface area contributed by atoms with Crippen molar-refractivity contribution in [1.82, 2.24) is 4.90 Å². The largest absolute Gasteiger partial charge is 0.480 e. The zero-order valence-corrected chi connectivity index (χ0v) is 13.2. The monoisotopic (exact) mass is 327 g/mol. The highest BCUT2D eigenvalue weighted by molar-refractivity contribution is 8.14. The van der Waals surface area contributed by atoms with Gasteiger partial charge in [0.1, 0.15) is 6.04 Å². The van der Waals surface area contributed by atoms with Crippen molar-refractivity contribution in [2.45, 2.75) is 37.5 Å². The molecule has 1 aliphatic heterocycles. The number of hydrogen-bond acceptors (Lipinski definition) is 6. The number of allylic oxidation sites excluding steroid dienone is 3. The maximum absolute atomic E-state index is 11.3. The molecule has 22 heavy (non-hydrogen) atoms. The summed E-state index contributed by atoms with van der Waals surface area (Å²) >= 11 is 1.12. The Balaban J connectivity index is 1.89. The normalized spacial score (nSPS) is 29.6. The molecule has 0 amide bonds.